The number of nitrogens with one attached hydrogen (secondary N) is 1. The van der Waals surface area contributed by atoms with E-state index in [4.69, 9.17) is 18.9 Å². The molecule has 6 nitrogen and oxygen atoms in total. The van der Waals surface area contributed by atoms with Gasteiger partial charge in [0.15, 0.2) is 11.5 Å². The van der Waals surface area contributed by atoms with Gasteiger partial charge in [0.1, 0.15) is 12.6 Å². The maximum absolute atomic E-state index is 12.4. The number of piperidine rings is 1. The van der Waals surface area contributed by atoms with Gasteiger partial charge in [-0.05, 0) is 38.3 Å². The lowest BCUT2D eigenvalue weighted by atomic mass is 10.1. The second kappa shape index (κ2) is 8.78. The standard InChI is InChI=1S/C18H27NO5/c1-13(12-19-8-6-5-7-9-19)24-18(20)14-10-15(21-2)17(23-4)16(11-14)22-3/h10-11,13H,5-9,12H2,1-4H3/p+1/t13-/m1/s1. The van der Waals surface area contributed by atoms with E-state index in [1.165, 1.54) is 45.5 Å². The van der Waals surface area contributed by atoms with Gasteiger partial charge in [0.05, 0.1) is 40.0 Å². The van der Waals surface area contributed by atoms with Crippen molar-refractivity contribution in [1.29, 1.82) is 0 Å². The van der Waals surface area contributed by atoms with Crippen LogP contribution in [0.25, 0.3) is 0 Å². The molecule has 1 fully saturated rings. The summed E-state index contributed by atoms with van der Waals surface area (Å²) in [4.78, 5) is 14.0. The van der Waals surface area contributed by atoms with E-state index in [1.807, 2.05) is 6.92 Å². The average Bonchev–Trinajstić information content (AvgIpc) is 2.60. The topological polar surface area (TPSA) is 58.4 Å². The summed E-state index contributed by atoms with van der Waals surface area (Å²) in [6.07, 6.45) is 3.68. The van der Waals surface area contributed by atoms with Crippen LogP contribution in [0.3, 0.4) is 0 Å². The monoisotopic (exact) mass is 338 g/mol. The first-order chi connectivity index (χ1) is 11.6. The summed E-state index contributed by atoms with van der Waals surface area (Å²) in [7, 11) is 4.57. The van der Waals surface area contributed by atoms with Gasteiger partial charge in [0.25, 0.3) is 0 Å². The Kier molecular flexibility index (Phi) is 6.73. The lowest BCUT2D eigenvalue weighted by Gasteiger charge is -2.26. The van der Waals surface area contributed by atoms with E-state index in [9.17, 15) is 4.79 Å². The molecule has 6 heteroatoms. The molecule has 1 atom stereocenters. The molecule has 1 N–H and O–H groups in total. The number of rotatable bonds is 7. The number of carbonyl (C=O) groups excluding carboxylic acids is 1. The van der Waals surface area contributed by atoms with Gasteiger partial charge in [-0.3, -0.25) is 0 Å². The molecule has 0 spiro atoms. The second-order valence-electron chi connectivity index (χ2n) is 6.14. The number of carbonyl (C=O) groups is 1. The first-order valence-electron chi connectivity index (χ1n) is 8.43. The summed E-state index contributed by atoms with van der Waals surface area (Å²) in [6.45, 7) is 5.10. The molecule has 1 heterocycles. The SMILES string of the molecule is COc1cc(C(=O)O[C@H](C)C[NH+]2CCCCC2)cc(OC)c1OC. The van der Waals surface area contributed by atoms with Crippen molar-refractivity contribution < 1.29 is 28.6 Å². The molecule has 1 aliphatic heterocycles. The predicted molar refractivity (Wildman–Crippen MR) is 90.4 cm³/mol. The third-order valence-electron chi connectivity index (χ3n) is 4.35. The molecule has 1 aromatic rings. The van der Waals surface area contributed by atoms with Crippen LogP contribution in [0.5, 0.6) is 17.2 Å². The molecule has 0 amide bonds. The number of ether oxygens (including phenoxy) is 4. The lowest BCUT2D eigenvalue weighted by molar-refractivity contribution is -0.907. The normalized spacial score (nSPS) is 16.3. The van der Waals surface area contributed by atoms with Gasteiger partial charge in [0, 0.05) is 0 Å². The maximum Gasteiger partial charge on any atom is 0.338 e. The zero-order valence-electron chi connectivity index (χ0n) is 15.0. The highest BCUT2D eigenvalue weighted by atomic mass is 16.5. The summed E-state index contributed by atoms with van der Waals surface area (Å²) >= 11 is 0. The van der Waals surface area contributed by atoms with Crippen LogP contribution < -0.4 is 19.1 Å². The Morgan fingerprint density at radius 3 is 2.12 bits per heavy atom. The van der Waals surface area contributed by atoms with E-state index in [2.05, 4.69) is 0 Å². The van der Waals surface area contributed by atoms with Crippen molar-refractivity contribution >= 4 is 5.97 Å². The summed E-state index contributed by atoms with van der Waals surface area (Å²) < 4.78 is 21.4. The lowest BCUT2D eigenvalue weighted by Crippen LogP contribution is -3.13. The van der Waals surface area contributed by atoms with E-state index in [0.717, 1.165) is 19.6 Å². The Bertz CT molecular complexity index is 529. The summed E-state index contributed by atoms with van der Waals surface area (Å²) in [6, 6.07) is 3.23. The Balaban J connectivity index is 2.05. The molecule has 0 saturated carbocycles. The minimum absolute atomic E-state index is 0.135. The largest absolute Gasteiger partial charge is 0.493 e. The Morgan fingerprint density at radius 2 is 1.62 bits per heavy atom. The van der Waals surface area contributed by atoms with Crippen molar-refractivity contribution in [2.75, 3.05) is 41.0 Å². The van der Waals surface area contributed by atoms with Gasteiger partial charge >= 0.3 is 5.97 Å². The van der Waals surface area contributed by atoms with Crippen molar-refractivity contribution in [3.63, 3.8) is 0 Å². The van der Waals surface area contributed by atoms with Crippen LogP contribution in [-0.2, 0) is 4.74 Å². The highest BCUT2D eigenvalue weighted by molar-refractivity contribution is 5.91. The molecule has 0 aromatic heterocycles. The smallest absolute Gasteiger partial charge is 0.338 e. The molecule has 2 rings (SSSR count). The van der Waals surface area contributed by atoms with Gasteiger partial charge in [-0.2, -0.15) is 0 Å². The predicted octanol–water partition coefficient (Wildman–Crippen LogP) is 1.33. The van der Waals surface area contributed by atoms with Gasteiger partial charge < -0.3 is 23.8 Å². The fraction of sp³-hybridized carbons (Fsp3) is 0.611. The van der Waals surface area contributed by atoms with Crippen molar-refractivity contribution in [3.05, 3.63) is 17.7 Å². The van der Waals surface area contributed by atoms with Gasteiger partial charge in [-0.25, -0.2) is 4.79 Å². The van der Waals surface area contributed by atoms with E-state index in [0.29, 0.717) is 22.8 Å². The zero-order chi connectivity index (χ0) is 17.5. The van der Waals surface area contributed by atoms with Crippen molar-refractivity contribution in [2.45, 2.75) is 32.3 Å². The third kappa shape index (κ3) is 4.54. The number of benzene rings is 1. The summed E-state index contributed by atoms with van der Waals surface area (Å²) in [5.41, 5.74) is 0.394. The number of quaternary nitrogens is 1. The van der Waals surface area contributed by atoms with Crippen LogP contribution in [0.2, 0.25) is 0 Å². The minimum Gasteiger partial charge on any atom is -0.493 e. The number of esters is 1. The Labute approximate surface area is 143 Å². The van der Waals surface area contributed by atoms with Crippen LogP contribution in [0, 0.1) is 0 Å². The highest BCUT2D eigenvalue weighted by Crippen LogP contribution is 2.38. The fourth-order valence-electron chi connectivity index (χ4n) is 3.15. The van der Waals surface area contributed by atoms with Crippen molar-refractivity contribution in [3.8, 4) is 17.2 Å². The number of hydrogen-bond acceptors (Lipinski definition) is 5. The second-order valence-corrected chi connectivity index (χ2v) is 6.14. The van der Waals surface area contributed by atoms with E-state index < -0.39 is 0 Å². The van der Waals surface area contributed by atoms with Gasteiger partial charge in [-0.1, -0.05) is 0 Å². The first kappa shape index (κ1) is 18.4. The van der Waals surface area contributed by atoms with Gasteiger partial charge in [0.2, 0.25) is 5.75 Å². The molecule has 0 aliphatic carbocycles. The average molecular weight is 338 g/mol. The van der Waals surface area contributed by atoms with Crippen molar-refractivity contribution in [2.24, 2.45) is 0 Å². The van der Waals surface area contributed by atoms with E-state index >= 15 is 0 Å². The Morgan fingerprint density at radius 1 is 1.04 bits per heavy atom. The first-order valence-corrected chi connectivity index (χ1v) is 8.43. The van der Waals surface area contributed by atoms with E-state index in [1.54, 1.807) is 12.1 Å². The minimum atomic E-state index is -0.377. The van der Waals surface area contributed by atoms with Crippen LogP contribution >= 0.6 is 0 Å². The number of methoxy groups -OCH3 is 3. The zero-order valence-corrected chi connectivity index (χ0v) is 15.0. The van der Waals surface area contributed by atoms with Crippen LogP contribution in [0.4, 0.5) is 0 Å². The molecule has 0 bridgehead atoms. The van der Waals surface area contributed by atoms with E-state index in [-0.39, 0.29) is 12.1 Å². The molecule has 1 aromatic carbocycles. The van der Waals surface area contributed by atoms with Crippen LogP contribution in [0.15, 0.2) is 12.1 Å². The summed E-state index contributed by atoms with van der Waals surface area (Å²) in [5.74, 6) is 0.969. The molecule has 1 saturated heterocycles. The molecule has 0 unspecified atom stereocenters. The molecule has 24 heavy (non-hydrogen) atoms. The molecule has 0 radical (unpaired) electrons. The molecule has 134 valence electrons. The number of hydrogen-bond donors (Lipinski definition) is 1. The fourth-order valence-corrected chi connectivity index (χ4v) is 3.15. The molecular formula is C18H28NO5+. The summed E-state index contributed by atoms with van der Waals surface area (Å²) in [5, 5.41) is 0. The van der Waals surface area contributed by atoms with Gasteiger partial charge in [-0.15, -0.1) is 0 Å². The Hall–Kier alpha value is -1.95. The molecule has 1 aliphatic rings. The highest BCUT2D eigenvalue weighted by Gasteiger charge is 2.22. The quantitative estimate of drug-likeness (QED) is 0.760. The van der Waals surface area contributed by atoms with Crippen molar-refractivity contribution in [1.82, 2.24) is 0 Å². The van der Waals surface area contributed by atoms with Crippen LogP contribution in [0.1, 0.15) is 36.5 Å². The number of likely N-dealkylation sites (tertiary alicyclic amines) is 1. The molecular weight excluding hydrogens is 310 g/mol. The third-order valence-corrected chi connectivity index (χ3v) is 4.35. The maximum atomic E-state index is 12.4. The van der Waals surface area contributed by atoms with Crippen LogP contribution in [-0.4, -0.2) is 53.0 Å².